The summed E-state index contributed by atoms with van der Waals surface area (Å²) >= 11 is 0. The fraction of sp³-hybridized carbons (Fsp3) is 0.176. The number of hydrazone groups is 1. The molecule has 22 heavy (non-hydrogen) atoms. The quantitative estimate of drug-likeness (QED) is 0.506. The van der Waals surface area contributed by atoms with Crippen molar-refractivity contribution in [3.05, 3.63) is 59.7 Å². The molecule has 2 rings (SSSR count). The molecule has 5 nitrogen and oxygen atoms in total. The molecule has 0 aliphatic heterocycles. The van der Waals surface area contributed by atoms with Crippen molar-refractivity contribution >= 4 is 17.3 Å². The minimum absolute atomic E-state index is 0.330. The normalized spacial score (nSPS) is 11.1. The topological polar surface area (TPSA) is 76.7 Å². The van der Waals surface area contributed by atoms with Gasteiger partial charge in [-0.25, -0.2) is 5.43 Å². The number of ether oxygens (including phenoxy) is 1. The van der Waals surface area contributed by atoms with Crippen LogP contribution in [0.25, 0.3) is 0 Å². The summed E-state index contributed by atoms with van der Waals surface area (Å²) in [4.78, 5) is 12.0. The Hall–Kier alpha value is -2.82. The maximum Gasteiger partial charge on any atom is 0.273 e. The predicted octanol–water partition coefficient (Wildman–Crippen LogP) is 2.82. The van der Waals surface area contributed by atoms with Crippen LogP contribution in [0.1, 0.15) is 29.8 Å². The summed E-state index contributed by atoms with van der Waals surface area (Å²) in [5.41, 5.74) is 10.7. The molecule has 0 atom stereocenters. The number of hydrogen-bond acceptors (Lipinski definition) is 4. The number of benzene rings is 2. The highest BCUT2D eigenvalue weighted by atomic mass is 16.5. The summed E-state index contributed by atoms with van der Waals surface area (Å²) in [6, 6.07) is 14.4. The van der Waals surface area contributed by atoms with Gasteiger partial charge in [0.2, 0.25) is 0 Å². The highest BCUT2D eigenvalue weighted by Gasteiger charge is 2.08. The molecule has 0 fully saturated rings. The lowest BCUT2D eigenvalue weighted by molar-refractivity contribution is 0.0955. The fourth-order valence-electron chi connectivity index (χ4n) is 1.92. The van der Waals surface area contributed by atoms with Gasteiger partial charge in [-0.3, -0.25) is 4.79 Å². The highest BCUT2D eigenvalue weighted by molar-refractivity contribution is 6.02. The molecule has 0 saturated heterocycles. The number of para-hydroxylation sites is 1. The number of amides is 1. The lowest BCUT2D eigenvalue weighted by atomic mass is 10.1. The smallest absolute Gasteiger partial charge is 0.273 e. The van der Waals surface area contributed by atoms with Gasteiger partial charge in [-0.15, -0.1) is 0 Å². The zero-order valence-corrected chi connectivity index (χ0v) is 12.7. The third-order valence-corrected chi connectivity index (χ3v) is 3.11. The van der Waals surface area contributed by atoms with E-state index in [-0.39, 0.29) is 5.91 Å². The molecule has 1 amide bonds. The van der Waals surface area contributed by atoms with Gasteiger partial charge in [-0.1, -0.05) is 12.1 Å². The number of nitrogens with one attached hydrogen (secondary N) is 1. The molecule has 0 heterocycles. The monoisotopic (exact) mass is 297 g/mol. The van der Waals surface area contributed by atoms with Gasteiger partial charge in [0.1, 0.15) is 5.75 Å². The van der Waals surface area contributed by atoms with Gasteiger partial charge >= 0.3 is 0 Å². The Morgan fingerprint density at radius 1 is 1.18 bits per heavy atom. The maximum atomic E-state index is 12.0. The second kappa shape index (κ2) is 7.26. The summed E-state index contributed by atoms with van der Waals surface area (Å²) in [5, 5.41) is 4.11. The third kappa shape index (κ3) is 3.85. The van der Waals surface area contributed by atoms with E-state index in [2.05, 4.69) is 10.5 Å². The van der Waals surface area contributed by atoms with E-state index in [1.165, 1.54) is 0 Å². The minimum Gasteiger partial charge on any atom is -0.494 e. The molecule has 3 N–H and O–H groups in total. The third-order valence-electron chi connectivity index (χ3n) is 3.11. The number of nitrogens with zero attached hydrogens (tertiary/aromatic N) is 1. The van der Waals surface area contributed by atoms with Gasteiger partial charge in [-0.05, 0) is 55.8 Å². The Labute approximate surface area is 129 Å². The number of carbonyl (C=O) groups is 1. The van der Waals surface area contributed by atoms with Crippen molar-refractivity contribution in [1.82, 2.24) is 5.43 Å². The standard InChI is InChI=1S/C17H19N3O2/c1-3-22-14-10-8-13(9-11-14)12(2)19-20-17(21)15-6-4-5-7-16(15)18/h4-11H,3,18H2,1-2H3,(H,20,21). The molecule has 114 valence electrons. The van der Waals surface area contributed by atoms with Crippen molar-refractivity contribution in [2.75, 3.05) is 12.3 Å². The van der Waals surface area contributed by atoms with Gasteiger partial charge < -0.3 is 10.5 Å². The molecule has 0 aliphatic carbocycles. The van der Waals surface area contributed by atoms with Crippen LogP contribution in [-0.2, 0) is 0 Å². The second-order valence-corrected chi connectivity index (χ2v) is 4.68. The van der Waals surface area contributed by atoms with Crippen LogP contribution in [0.2, 0.25) is 0 Å². The Morgan fingerprint density at radius 3 is 2.50 bits per heavy atom. The van der Waals surface area contributed by atoms with Gasteiger partial charge in [0, 0.05) is 5.69 Å². The lowest BCUT2D eigenvalue weighted by Crippen LogP contribution is -2.20. The SMILES string of the molecule is CCOc1ccc(C(C)=NNC(=O)c2ccccc2N)cc1. The molecule has 0 aliphatic rings. The molecular formula is C17H19N3O2. The van der Waals surface area contributed by atoms with Crippen LogP contribution in [-0.4, -0.2) is 18.2 Å². The molecular weight excluding hydrogens is 278 g/mol. The average Bonchev–Trinajstić information content (AvgIpc) is 2.54. The molecule has 0 radical (unpaired) electrons. The summed E-state index contributed by atoms with van der Waals surface area (Å²) < 4.78 is 5.39. The van der Waals surface area contributed by atoms with E-state index >= 15 is 0 Å². The van der Waals surface area contributed by atoms with E-state index in [0.29, 0.717) is 23.6 Å². The number of hydrogen-bond donors (Lipinski definition) is 2. The molecule has 0 unspecified atom stereocenters. The first kappa shape index (κ1) is 15.6. The molecule has 0 bridgehead atoms. The van der Waals surface area contributed by atoms with Crippen LogP contribution in [0.3, 0.4) is 0 Å². The average molecular weight is 297 g/mol. The van der Waals surface area contributed by atoms with Crippen molar-refractivity contribution in [2.24, 2.45) is 5.10 Å². The van der Waals surface area contributed by atoms with Crippen LogP contribution < -0.4 is 15.9 Å². The van der Waals surface area contributed by atoms with E-state index in [9.17, 15) is 4.79 Å². The molecule has 0 aromatic heterocycles. The van der Waals surface area contributed by atoms with Crippen molar-refractivity contribution in [3.8, 4) is 5.75 Å². The molecule has 5 heteroatoms. The van der Waals surface area contributed by atoms with Crippen LogP contribution in [0, 0.1) is 0 Å². The molecule has 2 aromatic rings. The summed E-state index contributed by atoms with van der Waals surface area (Å²) in [5.74, 6) is 0.475. The largest absolute Gasteiger partial charge is 0.494 e. The van der Waals surface area contributed by atoms with Gasteiger partial charge in [0.05, 0.1) is 17.9 Å². The zero-order valence-electron chi connectivity index (χ0n) is 12.7. The first-order chi connectivity index (χ1) is 10.6. The second-order valence-electron chi connectivity index (χ2n) is 4.68. The van der Waals surface area contributed by atoms with Crippen LogP contribution in [0.15, 0.2) is 53.6 Å². The Bertz CT molecular complexity index is 679. The van der Waals surface area contributed by atoms with Crippen molar-refractivity contribution < 1.29 is 9.53 Å². The fourth-order valence-corrected chi connectivity index (χ4v) is 1.92. The molecule has 0 saturated carbocycles. The first-order valence-electron chi connectivity index (χ1n) is 7.04. The Morgan fingerprint density at radius 2 is 1.86 bits per heavy atom. The molecule has 0 spiro atoms. The number of anilines is 1. The van der Waals surface area contributed by atoms with Crippen molar-refractivity contribution in [1.29, 1.82) is 0 Å². The summed E-state index contributed by atoms with van der Waals surface area (Å²) in [6.07, 6.45) is 0. The lowest BCUT2D eigenvalue weighted by Gasteiger charge is -2.06. The van der Waals surface area contributed by atoms with Crippen molar-refractivity contribution in [2.45, 2.75) is 13.8 Å². The predicted molar refractivity (Wildman–Crippen MR) is 88.1 cm³/mol. The Kier molecular flexibility index (Phi) is 5.14. The zero-order chi connectivity index (χ0) is 15.9. The minimum atomic E-state index is -0.330. The van der Waals surface area contributed by atoms with E-state index < -0.39 is 0 Å². The van der Waals surface area contributed by atoms with Gasteiger partial charge in [0.15, 0.2) is 0 Å². The summed E-state index contributed by atoms with van der Waals surface area (Å²) in [7, 11) is 0. The van der Waals surface area contributed by atoms with Gasteiger partial charge in [-0.2, -0.15) is 5.10 Å². The molecule has 2 aromatic carbocycles. The Balaban J connectivity index is 2.06. The van der Waals surface area contributed by atoms with E-state index in [4.69, 9.17) is 10.5 Å². The van der Waals surface area contributed by atoms with Crippen molar-refractivity contribution in [3.63, 3.8) is 0 Å². The maximum absolute atomic E-state index is 12.0. The van der Waals surface area contributed by atoms with Gasteiger partial charge in [0.25, 0.3) is 5.91 Å². The summed E-state index contributed by atoms with van der Waals surface area (Å²) in [6.45, 7) is 4.39. The van der Waals surface area contributed by atoms with E-state index in [1.807, 2.05) is 38.1 Å². The number of carbonyl (C=O) groups excluding carboxylic acids is 1. The van der Waals surface area contributed by atoms with Crippen LogP contribution >= 0.6 is 0 Å². The number of nitrogen functional groups attached to an aromatic ring is 1. The van der Waals surface area contributed by atoms with E-state index in [1.54, 1.807) is 24.3 Å². The highest BCUT2D eigenvalue weighted by Crippen LogP contribution is 2.13. The van der Waals surface area contributed by atoms with E-state index in [0.717, 1.165) is 11.3 Å². The van der Waals surface area contributed by atoms with Crippen LogP contribution in [0.5, 0.6) is 5.75 Å². The first-order valence-corrected chi connectivity index (χ1v) is 7.04. The number of rotatable bonds is 5. The van der Waals surface area contributed by atoms with Crippen LogP contribution in [0.4, 0.5) is 5.69 Å². The number of nitrogens with two attached hydrogens (primary N) is 1.